The maximum atomic E-state index is 13.1. The van der Waals surface area contributed by atoms with Crippen LogP contribution < -0.4 is 5.32 Å². The first-order chi connectivity index (χ1) is 25.5. The SMILES string of the molecule is CCC/C=C\CCCCCCCC(=O)OC(/C=C/C/C=C\CCCCCCCC)CC(=O)NC(CO)C(O)CCCCCCCCCCCCCC. The fraction of sp³-hybridized carbons (Fsp3) is 0.826. The molecule has 0 aliphatic carbocycles. The van der Waals surface area contributed by atoms with E-state index >= 15 is 0 Å². The zero-order chi connectivity index (χ0) is 38.2. The maximum Gasteiger partial charge on any atom is 0.306 e. The van der Waals surface area contributed by atoms with Crippen molar-refractivity contribution in [2.24, 2.45) is 0 Å². The molecule has 0 radical (unpaired) electrons. The molecule has 52 heavy (non-hydrogen) atoms. The van der Waals surface area contributed by atoms with E-state index in [0.29, 0.717) is 12.8 Å². The molecular formula is C46H85NO5. The summed E-state index contributed by atoms with van der Waals surface area (Å²) in [6.07, 6.45) is 45.2. The molecule has 3 unspecified atom stereocenters. The number of ether oxygens (including phenoxy) is 1. The van der Waals surface area contributed by atoms with E-state index in [9.17, 15) is 19.8 Å². The van der Waals surface area contributed by atoms with Gasteiger partial charge in [0.25, 0.3) is 0 Å². The van der Waals surface area contributed by atoms with Crippen molar-refractivity contribution in [3.63, 3.8) is 0 Å². The molecule has 1 amide bonds. The normalized spacial score (nSPS) is 13.7. The van der Waals surface area contributed by atoms with Gasteiger partial charge in [-0.1, -0.05) is 186 Å². The Bertz CT molecular complexity index is 869. The van der Waals surface area contributed by atoms with Crippen molar-refractivity contribution >= 4 is 11.9 Å². The molecule has 3 atom stereocenters. The maximum absolute atomic E-state index is 13.1. The number of carbonyl (C=O) groups excluding carboxylic acids is 2. The van der Waals surface area contributed by atoms with Gasteiger partial charge in [0, 0.05) is 6.42 Å². The van der Waals surface area contributed by atoms with E-state index in [4.69, 9.17) is 4.74 Å². The number of esters is 1. The second-order valence-electron chi connectivity index (χ2n) is 15.1. The first-order valence-electron chi connectivity index (χ1n) is 22.2. The van der Waals surface area contributed by atoms with Crippen molar-refractivity contribution in [2.45, 2.75) is 238 Å². The lowest BCUT2D eigenvalue weighted by atomic mass is 10.0. The molecule has 0 rings (SSSR count). The molecule has 304 valence electrons. The average molecular weight is 732 g/mol. The molecule has 0 aliphatic heterocycles. The number of carbonyl (C=O) groups is 2. The molecule has 6 heteroatoms. The van der Waals surface area contributed by atoms with E-state index in [1.807, 2.05) is 12.2 Å². The largest absolute Gasteiger partial charge is 0.458 e. The summed E-state index contributed by atoms with van der Waals surface area (Å²) in [6, 6.07) is -0.729. The van der Waals surface area contributed by atoms with Gasteiger partial charge < -0.3 is 20.3 Å². The number of aliphatic hydroxyl groups is 2. The van der Waals surface area contributed by atoms with Gasteiger partial charge in [-0.25, -0.2) is 0 Å². The van der Waals surface area contributed by atoms with Gasteiger partial charge in [-0.3, -0.25) is 9.59 Å². The Labute approximate surface area is 322 Å². The molecule has 0 fully saturated rings. The van der Waals surface area contributed by atoms with Crippen molar-refractivity contribution < 1.29 is 24.5 Å². The second kappa shape index (κ2) is 40.3. The Morgan fingerprint density at radius 2 is 1.06 bits per heavy atom. The van der Waals surface area contributed by atoms with Crippen LogP contribution in [0.2, 0.25) is 0 Å². The van der Waals surface area contributed by atoms with Crippen molar-refractivity contribution in [3.8, 4) is 0 Å². The van der Waals surface area contributed by atoms with Crippen LogP contribution in [-0.2, 0) is 14.3 Å². The predicted molar refractivity (Wildman–Crippen MR) is 222 cm³/mol. The fourth-order valence-corrected chi connectivity index (χ4v) is 6.51. The van der Waals surface area contributed by atoms with E-state index < -0.39 is 18.2 Å². The summed E-state index contributed by atoms with van der Waals surface area (Å²) < 4.78 is 5.78. The van der Waals surface area contributed by atoms with Gasteiger partial charge in [0.2, 0.25) is 5.91 Å². The average Bonchev–Trinajstić information content (AvgIpc) is 3.13. The number of allylic oxidation sites excluding steroid dienone is 5. The molecule has 0 aliphatic rings. The van der Waals surface area contributed by atoms with Crippen LogP contribution >= 0.6 is 0 Å². The second-order valence-corrected chi connectivity index (χ2v) is 15.1. The van der Waals surface area contributed by atoms with Gasteiger partial charge in [-0.15, -0.1) is 0 Å². The number of aliphatic hydroxyl groups excluding tert-OH is 2. The van der Waals surface area contributed by atoms with Crippen LogP contribution in [0.1, 0.15) is 220 Å². The lowest BCUT2D eigenvalue weighted by Crippen LogP contribution is -2.46. The summed E-state index contributed by atoms with van der Waals surface area (Å²) in [5.74, 6) is -0.615. The van der Waals surface area contributed by atoms with Crippen LogP contribution in [-0.4, -0.2) is 46.9 Å². The van der Waals surface area contributed by atoms with Gasteiger partial charge in [0.1, 0.15) is 6.10 Å². The molecule has 3 N–H and O–H groups in total. The number of rotatable bonds is 39. The molecule has 0 bridgehead atoms. The number of unbranched alkanes of at least 4 members (excludes halogenated alkanes) is 23. The van der Waals surface area contributed by atoms with Crippen LogP contribution in [0.3, 0.4) is 0 Å². The molecular weight excluding hydrogens is 647 g/mol. The minimum atomic E-state index is -0.808. The minimum absolute atomic E-state index is 0.0307. The highest BCUT2D eigenvalue weighted by atomic mass is 16.5. The third kappa shape index (κ3) is 35.1. The summed E-state index contributed by atoms with van der Waals surface area (Å²) in [5.41, 5.74) is 0. The number of hydrogen-bond donors (Lipinski definition) is 3. The molecule has 0 aromatic carbocycles. The van der Waals surface area contributed by atoms with Gasteiger partial charge >= 0.3 is 5.97 Å². The van der Waals surface area contributed by atoms with Crippen molar-refractivity contribution in [1.29, 1.82) is 0 Å². The monoisotopic (exact) mass is 732 g/mol. The van der Waals surface area contributed by atoms with Crippen molar-refractivity contribution in [1.82, 2.24) is 5.32 Å². The molecule has 0 aromatic rings. The van der Waals surface area contributed by atoms with Crippen LogP contribution in [0.5, 0.6) is 0 Å². The lowest BCUT2D eigenvalue weighted by Gasteiger charge is -2.23. The van der Waals surface area contributed by atoms with E-state index in [2.05, 4.69) is 50.4 Å². The van der Waals surface area contributed by atoms with Crippen LogP contribution in [0.15, 0.2) is 36.5 Å². The summed E-state index contributed by atoms with van der Waals surface area (Å²) >= 11 is 0. The van der Waals surface area contributed by atoms with Gasteiger partial charge in [0.05, 0.1) is 25.2 Å². The number of nitrogens with one attached hydrogen (secondary N) is 1. The van der Waals surface area contributed by atoms with E-state index in [-0.39, 0.29) is 24.9 Å². The fourth-order valence-electron chi connectivity index (χ4n) is 6.51. The van der Waals surface area contributed by atoms with E-state index in [0.717, 1.165) is 64.2 Å². The third-order valence-electron chi connectivity index (χ3n) is 9.92. The highest BCUT2D eigenvalue weighted by Gasteiger charge is 2.23. The Morgan fingerprint density at radius 1 is 0.577 bits per heavy atom. The lowest BCUT2D eigenvalue weighted by molar-refractivity contribution is -0.148. The first kappa shape index (κ1) is 50.1. The summed E-state index contributed by atoms with van der Waals surface area (Å²) in [5, 5.41) is 23.5. The van der Waals surface area contributed by atoms with Crippen LogP contribution in [0, 0.1) is 0 Å². The zero-order valence-corrected chi connectivity index (χ0v) is 34.4. The van der Waals surface area contributed by atoms with Crippen LogP contribution in [0.4, 0.5) is 0 Å². The van der Waals surface area contributed by atoms with Gasteiger partial charge in [-0.05, 0) is 57.4 Å². The zero-order valence-electron chi connectivity index (χ0n) is 34.4. The molecule has 0 saturated carbocycles. The highest BCUT2D eigenvalue weighted by molar-refractivity contribution is 5.78. The molecule has 0 aromatic heterocycles. The Balaban J connectivity index is 4.67. The Hall–Kier alpha value is -1.92. The van der Waals surface area contributed by atoms with E-state index in [1.54, 1.807) is 0 Å². The molecule has 0 heterocycles. The first-order valence-corrected chi connectivity index (χ1v) is 22.2. The quantitative estimate of drug-likeness (QED) is 0.0332. The molecule has 0 saturated heterocycles. The topological polar surface area (TPSA) is 95.9 Å². The number of hydrogen-bond acceptors (Lipinski definition) is 5. The molecule has 6 nitrogen and oxygen atoms in total. The smallest absolute Gasteiger partial charge is 0.306 e. The Kier molecular flexibility index (Phi) is 38.8. The van der Waals surface area contributed by atoms with Crippen molar-refractivity contribution in [3.05, 3.63) is 36.5 Å². The summed E-state index contributed by atoms with van der Waals surface area (Å²) in [4.78, 5) is 25.8. The molecule has 0 spiro atoms. The predicted octanol–water partition coefficient (Wildman–Crippen LogP) is 12.6. The van der Waals surface area contributed by atoms with E-state index in [1.165, 1.54) is 116 Å². The van der Waals surface area contributed by atoms with Gasteiger partial charge in [-0.2, -0.15) is 0 Å². The number of amides is 1. The standard InChI is InChI=1S/C46H85NO5/c1-4-7-10-13-16-19-22-24-26-29-32-35-38-44(49)43(41-48)47-45(50)40-42(37-34-31-28-25-23-20-17-14-11-8-5-2)52-46(51)39-36-33-30-27-21-18-15-12-9-6-3/h12,15,25,28,34,37,42-44,48-49H,4-11,13-14,16-24,26-27,29-33,35-36,38-41H2,1-3H3,(H,47,50)/b15-12-,28-25-,37-34+. The van der Waals surface area contributed by atoms with Crippen molar-refractivity contribution in [2.75, 3.05) is 6.61 Å². The van der Waals surface area contributed by atoms with Crippen LogP contribution in [0.25, 0.3) is 0 Å². The summed E-state index contributed by atoms with van der Waals surface area (Å²) in [7, 11) is 0. The Morgan fingerprint density at radius 3 is 1.60 bits per heavy atom. The minimum Gasteiger partial charge on any atom is -0.458 e. The van der Waals surface area contributed by atoms with Gasteiger partial charge in [0.15, 0.2) is 0 Å². The third-order valence-corrected chi connectivity index (χ3v) is 9.92. The highest BCUT2D eigenvalue weighted by Crippen LogP contribution is 2.15. The summed E-state index contributed by atoms with van der Waals surface area (Å²) in [6.45, 7) is 6.36.